The molecule has 2 amide bonds. The van der Waals surface area contributed by atoms with Crippen LogP contribution in [-0.4, -0.2) is 29.8 Å². The molecule has 152 valence electrons. The standard InChI is InChI=1S/C23H24ClFN2O2/c1-14-10-16(4-9-21(14)25)17-11-18(13-27(12-17)23(29)15-2-3-15)22(28)26-20-7-5-19(24)6-8-20/h4-10,15,17-18H,2-3,11-13H2,1H3,(H,26,28). The third-order valence-corrected chi connectivity index (χ3v) is 6.08. The normalized spacial score (nSPS) is 21.7. The first kappa shape index (κ1) is 19.9. The summed E-state index contributed by atoms with van der Waals surface area (Å²) in [5.41, 5.74) is 2.23. The molecule has 1 aliphatic carbocycles. The lowest BCUT2D eigenvalue weighted by molar-refractivity contribution is -0.136. The molecule has 0 aromatic heterocycles. The highest BCUT2D eigenvalue weighted by atomic mass is 35.5. The van der Waals surface area contributed by atoms with Gasteiger partial charge in [0.1, 0.15) is 5.82 Å². The van der Waals surface area contributed by atoms with Crippen LogP contribution >= 0.6 is 11.6 Å². The fourth-order valence-corrected chi connectivity index (χ4v) is 4.12. The van der Waals surface area contributed by atoms with Crippen molar-refractivity contribution in [2.24, 2.45) is 11.8 Å². The van der Waals surface area contributed by atoms with Crippen LogP contribution in [0, 0.1) is 24.6 Å². The summed E-state index contributed by atoms with van der Waals surface area (Å²) >= 11 is 5.91. The number of halogens is 2. The minimum Gasteiger partial charge on any atom is -0.341 e. The van der Waals surface area contributed by atoms with Crippen molar-refractivity contribution in [1.29, 1.82) is 0 Å². The second-order valence-corrected chi connectivity index (χ2v) is 8.59. The highest BCUT2D eigenvalue weighted by Crippen LogP contribution is 2.36. The lowest BCUT2D eigenvalue weighted by Crippen LogP contribution is -2.47. The van der Waals surface area contributed by atoms with E-state index in [-0.39, 0.29) is 35.4 Å². The van der Waals surface area contributed by atoms with Crippen molar-refractivity contribution in [3.8, 4) is 0 Å². The second kappa shape index (κ2) is 8.15. The summed E-state index contributed by atoms with van der Waals surface area (Å²) < 4.78 is 13.7. The SMILES string of the molecule is Cc1cc(C2CC(C(=O)Nc3ccc(Cl)cc3)CN(C(=O)C3CC3)C2)ccc1F. The zero-order valence-electron chi connectivity index (χ0n) is 16.3. The molecule has 2 aromatic carbocycles. The molecule has 2 aliphatic rings. The van der Waals surface area contributed by atoms with Crippen molar-refractivity contribution in [3.05, 3.63) is 64.4 Å². The van der Waals surface area contributed by atoms with Crippen molar-refractivity contribution in [2.75, 3.05) is 18.4 Å². The van der Waals surface area contributed by atoms with Crippen molar-refractivity contribution < 1.29 is 14.0 Å². The van der Waals surface area contributed by atoms with Gasteiger partial charge in [-0.05, 0) is 67.6 Å². The van der Waals surface area contributed by atoms with Crippen molar-refractivity contribution in [3.63, 3.8) is 0 Å². The molecule has 6 heteroatoms. The molecule has 1 saturated carbocycles. The van der Waals surface area contributed by atoms with Gasteiger partial charge in [0.15, 0.2) is 0 Å². The van der Waals surface area contributed by atoms with Gasteiger partial charge in [0.05, 0.1) is 5.92 Å². The van der Waals surface area contributed by atoms with Crippen LogP contribution in [0.5, 0.6) is 0 Å². The molecule has 1 saturated heterocycles. The molecule has 0 spiro atoms. The lowest BCUT2D eigenvalue weighted by atomic mass is 9.83. The number of benzene rings is 2. The average molecular weight is 415 g/mol. The molecule has 4 nitrogen and oxygen atoms in total. The summed E-state index contributed by atoms with van der Waals surface area (Å²) in [6.45, 7) is 2.73. The van der Waals surface area contributed by atoms with Gasteiger partial charge in [-0.1, -0.05) is 23.7 Å². The van der Waals surface area contributed by atoms with Gasteiger partial charge in [-0.15, -0.1) is 0 Å². The number of likely N-dealkylation sites (tertiary alicyclic amines) is 1. The zero-order chi connectivity index (χ0) is 20.5. The molecular formula is C23H24ClFN2O2. The Hall–Kier alpha value is -2.40. The molecule has 2 atom stereocenters. The van der Waals surface area contributed by atoms with Gasteiger partial charge in [0.2, 0.25) is 11.8 Å². The number of hydrogen-bond acceptors (Lipinski definition) is 2. The second-order valence-electron chi connectivity index (χ2n) is 8.15. The topological polar surface area (TPSA) is 49.4 Å². The summed E-state index contributed by atoms with van der Waals surface area (Å²) in [6.07, 6.45) is 2.48. The van der Waals surface area contributed by atoms with Crippen LogP contribution in [-0.2, 0) is 9.59 Å². The van der Waals surface area contributed by atoms with Gasteiger partial charge in [-0.25, -0.2) is 4.39 Å². The van der Waals surface area contributed by atoms with E-state index < -0.39 is 0 Å². The number of rotatable bonds is 4. The largest absolute Gasteiger partial charge is 0.341 e. The number of nitrogens with one attached hydrogen (secondary N) is 1. The molecule has 29 heavy (non-hydrogen) atoms. The summed E-state index contributed by atoms with van der Waals surface area (Å²) in [5.74, 6) is -0.428. The Bertz CT molecular complexity index is 927. The van der Waals surface area contributed by atoms with Crippen molar-refractivity contribution >= 4 is 29.1 Å². The number of nitrogens with zero attached hydrogens (tertiary/aromatic N) is 1. The number of anilines is 1. The van der Waals surface area contributed by atoms with Gasteiger partial charge in [0, 0.05) is 35.6 Å². The number of aryl methyl sites for hydroxylation is 1. The van der Waals surface area contributed by atoms with Gasteiger partial charge in [-0.3, -0.25) is 9.59 Å². The summed E-state index contributed by atoms with van der Waals surface area (Å²) in [6, 6.07) is 12.0. The fraction of sp³-hybridized carbons (Fsp3) is 0.391. The van der Waals surface area contributed by atoms with E-state index in [0.29, 0.717) is 35.8 Å². The quantitative estimate of drug-likeness (QED) is 0.783. The molecule has 0 radical (unpaired) electrons. The Morgan fingerprint density at radius 1 is 1.07 bits per heavy atom. The summed E-state index contributed by atoms with van der Waals surface area (Å²) in [5, 5.41) is 3.55. The van der Waals surface area contributed by atoms with Crippen molar-refractivity contribution in [2.45, 2.75) is 32.1 Å². The Morgan fingerprint density at radius 2 is 1.79 bits per heavy atom. The van der Waals surface area contributed by atoms with E-state index in [4.69, 9.17) is 11.6 Å². The Balaban J connectivity index is 1.54. The van der Waals surface area contributed by atoms with E-state index in [0.717, 1.165) is 18.4 Å². The van der Waals surface area contributed by atoms with E-state index in [1.54, 1.807) is 37.3 Å². The van der Waals surface area contributed by atoms with Crippen LogP contribution in [0.1, 0.15) is 36.3 Å². The van der Waals surface area contributed by atoms with Crippen LogP contribution < -0.4 is 5.32 Å². The molecule has 2 aromatic rings. The van der Waals surface area contributed by atoms with E-state index in [1.165, 1.54) is 6.07 Å². The first-order valence-electron chi connectivity index (χ1n) is 10.0. The Morgan fingerprint density at radius 3 is 2.45 bits per heavy atom. The van der Waals surface area contributed by atoms with Crippen molar-refractivity contribution in [1.82, 2.24) is 4.90 Å². The van der Waals surface area contributed by atoms with Crippen LogP contribution in [0.25, 0.3) is 0 Å². The highest BCUT2D eigenvalue weighted by Gasteiger charge is 2.39. The van der Waals surface area contributed by atoms with Crippen LogP contribution in [0.2, 0.25) is 5.02 Å². The maximum Gasteiger partial charge on any atom is 0.229 e. The number of carbonyl (C=O) groups is 2. The van der Waals surface area contributed by atoms with Crippen LogP contribution in [0.4, 0.5) is 10.1 Å². The van der Waals surface area contributed by atoms with E-state index in [9.17, 15) is 14.0 Å². The van der Waals surface area contributed by atoms with E-state index >= 15 is 0 Å². The average Bonchev–Trinajstić information content (AvgIpc) is 3.56. The lowest BCUT2D eigenvalue weighted by Gasteiger charge is -2.37. The van der Waals surface area contributed by atoms with E-state index in [1.807, 2.05) is 11.0 Å². The monoisotopic (exact) mass is 414 g/mol. The molecule has 1 aliphatic heterocycles. The number of amides is 2. The number of carbonyl (C=O) groups excluding carboxylic acids is 2. The van der Waals surface area contributed by atoms with Gasteiger partial charge >= 0.3 is 0 Å². The smallest absolute Gasteiger partial charge is 0.229 e. The maximum atomic E-state index is 13.7. The zero-order valence-corrected chi connectivity index (χ0v) is 17.1. The molecule has 2 unspecified atom stereocenters. The molecule has 2 fully saturated rings. The van der Waals surface area contributed by atoms with Gasteiger partial charge < -0.3 is 10.2 Å². The third-order valence-electron chi connectivity index (χ3n) is 5.82. The molecule has 1 N–H and O–H groups in total. The Kier molecular flexibility index (Phi) is 5.59. The third kappa shape index (κ3) is 4.61. The molecule has 0 bridgehead atoms. The van der Waals surface area contributed by atoms with Gasteiger partial charge in [0.25, 0.3) is 0 Å². The predicted molar refractivity (Wildman–Crippen MR) is 111 cm³/mol. The van der Waals surface area contributed by atoms with Gasteiger partial charge in [-0.2, -0.15) is 0 Å². The molecule has 1 heterocycles. The first-order chi connectivity index (χ1) is 13.9. The number of hydrogen-bond donors (Lipinski definition) is 1. The molecular weight excluding hydrogens is 391 g/mol. The first-order valence-corrected chi connectivity index (χ1v) is 10.4. The fourth-order valence-electron chi connectivity index (χ4n) is 4.00. The summed E-state index contributed by atoms with van der Waals surface area (Å²) in [7, 11) is 0. The summed E-state index contributed by atoms with van der Waals surface area (Å²) in [4.78, 5) is 27.5. The van der Waals surface area contributed by atoms with Crippen LogP contribution in [0.15, 0.2) is 42.5 Å². The predicted octanol–water partition coefficient (Wildman–Crippen LogP) is 4.77. The Labute approximate surface area is 175 Å². The minimum atomic E-state index is -0.322. The van der Waals surface area contributed by atoms with Crippen LogP contribution in [0.3, 0.4) is 0 Å². The highest BCUT2D eigenvalue weighted by molar-refractivity contribution is 6.30. The number of piperidine rings is 1. The molecule has 4 rings (SSSR count). The minimum absolute atomic E-state index is 0.00622. The maximum absolute atomic E-state index is 13.7. The van der Waals surface area contributed by atoms with E-state index in [2.05, 4.69) is 5.32 Å².